The standard InChI is InChI=1S/C17H24N4O3S/c1-3-20-15(18-21(17(20)23)9-10-24-2)13-4-7-19(8-5-13)16(22)14-6-11-25-12-14/h6,11-13H,3-5,7-10H2,1-2H3. The summed E-state index contributed by atoms with van der Waals surface area (Å²) in [5, 5.41) is 8.36. The summed E-state index contributed by atoms with van der Waals surface area (Å²) < 4.78 is 8.29. The van der Waals surface area contributed by atoms with Crippen LogP contribution in [0.2, 0.25) is 0 Å². The normalized spacial score (nSPS) is 15.7. The lowest BCUT2D eigenvalue weighted by atomic mass is 9.95. The van der Waals surface area contributed by atoms with Gasteiger partial charge in [-0.3, -0.25) is 9.36 Å². The number of ether oxygens (including phenoxy) is 1. The fourth-order valence-corrected chi connectivity index (χ4v) is 3.92. The summed E-state index contributed by atoms with van der Waals surface area (Å²) in [7, 11) is 1.61. The lowest BCUT2D eigenvalue weighted by Crippen LogP contribution is -2.38. The molecule has 0 saturated carbocycles. The van der Waals surface area contributed by atoms with Crippen LogP contribution in [-0.2, 0) is 17.8 Å². The summed E-state index contributed by atoms with van der Waals surface area (Å²) in [5.41, 5.74) is 0.684. The van der Waals surface area contributed by atoms with Crippen LogP contribution in [0.3, 0.4) is 0 Å². The van der Waals surface area contributed by atoms with Gasteiger partial charge in [-0.2, -0.15) is 16.4 Å². The lowest BCUT2D eigenvalue weighted by molar-refractivity contribution is 0.0710. The first-order valence-electron chi connectivity index (χ1n) is 8.63. The zero-order valence-electron chi connectivity index (χ0n) is 14.7. The molecule has 0 atom stereocenters. The van der Waals surface area contributed by atoms with E-state index in [1.54, 1.807) is 11.7 Å². The Hall–Kier alpha value is -1.93. The maximum atomic E-state index is 12.4. The average molecular weight is 364 g/mol. The van der Waals surface area contributed by atoms with E-state index in [9.17, 15) is 9.59 Å². The van der Waals surface area contributed by atoms with Gasteiger partial charge in [0.1, 0.15) is 5.82 Å². The van der Waals surface area contributed by atoms with Gasteiger partial charge in [-0.15, -0.1) is 0 Å². The molecule has 1 aliphatic heterocycles. The van der Waals surface area contributed by atoms with Gasteiger partial charge in [-0.1, -0.05) is 0 Å². The second kappa shape index (κ2) is 7.97. The fourth-order valence-electron chi connectivity index (χ4n) is 3.29. The SMILES string of the molecule is CCn1c(C2CCN(C(=O)c3ccsc3)CC2)nn(CCOC)c1=O. The molecule has 2 aromatic heterocycles. The molecular weight excluding hydrogens is 340 g/mol. The van der Waals surface area contributed by atoms with Gasteiger partial charge < -0.3 is 9.64 Å². The highest BCUT2D eigenvalue weighted by molar-refractivity contribution is 7.08. The predicted molar refractivity (Wildman–Crippen MR) is 96.2 cm³/mol. The number of amides is 1. The second-order valence-corrected chi connectivity index (χ2v) is 6.96. The summed E-state index contributed by atoms with van der Waals surface area (Å²) in [4.78, 5) is 26.8. The third-order valence-corrected chi connectivity index (χ3v) is 5.37. The van der Waals surface area contributed by atoms with E-state index >= 15 is 0 Å². The van der Waals surface area contributed by atoms with Crippen molar-refractivity contribution in [3.8, 4) is 0 Å². The topological polar surface area (TPSA) is 69.4 Å². The molecule has 1 saturated heterocycles. The molecule has 0 bridgehead atoms. The Balaban J connectivity index is 1.70. The minimum Gasteiger partial charge on any atom is -0.383 e. The van der Waals surface area contributed by atoms with Crippen molar-refractivity contribution < 1.29 is 9.53 Å². The van der Waals surface area contributed by atoms with Gasteiger partial charge in [0.05, 0.1) is 18.7 Å². The smallest absolute Gasteiger partial charge is 0.345 e. The molecule has 3 rings (SSSR count). The molecule has 0 aromatic carbocycles. The first kappa shape index (κ1) is 17.9. The molecule has 2 aromatic rings. The molecule has 0 radical (unpaired) electrons. The highest BCUT2D eigenvalue weighted by atomic mass is 32.1. The van der Waals surface area contributed by atoms with Crippen molar-refractivity contribution in [2.24, 2.45) is 0 Å². The van der Waals surface area contributed by atoms with Gasteiger partial charge in [0.2, 0.25) is 0 Å². The van der Waals surface area contributed by atoms with E-state index in [1.165, 1.54) is 16.0 Å². The van der Waals surface area contributed by atoms with Gasteiger partial charge in [0.15, 0.2) is 0 Å². The van der Waals surface area contributed by atoms with E-state index in [-0.39, 0.29) is 17.5 Å². The molecule has 1 amide bonds. The minimum atomic E-state index is -0.0775. The maximum absolute atomic E-state index is 12.4. The largest absolute Gasteiger partial charge is 0.383 e. The zero-order chi connectivity index (χ0) is 17.8. The highest BCUT2D eigenvalue weighted by Crippen LogP contribution is 2.27. The zero-order valence-corrected chi connectivity index (χ0v) is 15.5. The molecule has 1 fully saturated rings. The van der Waals surface area contributed by atoms with Gasteiger partial charge in [0, 0.05) is 38.0 Å². The van der Waals surface area contributed by atoms with Crippen molar-refractivity contribution in [1.29, 1.82) is 0 Å². The van der Waals surface area contributed by atoms with Crippen LogP contribution >= 0.6 is 11.3 Å². The number of hydrogen-bond donors (Lipinski definition) is 0. The third kappa shape index (κ3) is 3.69. The molecule has 136 valence electrons. The number of likely N-dealkylation sites (tertiary alicyclic amines) is 1. The number of hydrogen-bond acceptors (Lipinski definition) is 5. The van der Waals surface area contributed by atoms with Crippen molar-refractivity contribution in [3.05, 3.63) is 38.7 Å². The maximum Gasteiger partial charge on any atom is 0.345 e. The van der Waals surface area contributed by atoms with Crippen LogP contribution in [-0.4, -0.2) is 52.0 Å². The number of thiophene rings is 1. The van der Waals surface area contributed by atoms with E-state index in [0.29, 0.717) is 32.8 Å². The molecule has 7 nitrogen and oxygen atoms in total. The van der Waals surface area contributed by atoms with Crippen LogP contribution in [0, 0.1) is 0 Å². The molecular formula is C17H24N4O3S. The number of carbonyl (C=O) groups is 1. The predicted octanol–water partition coefficient (Wildman–Crippen LogP) is 1.79. The molecule has 0 unspecified atom stereocenters. The number of piperidine rings is 1. The van der Waals surface area contributed by atoms with Crippen LogP contribution < -0.4 is 5.69 Å². The lowest BCUT2D eigenvalue weighted by Gasteiger charge is -2.31. The van der Waals surface area contributed by atoms with E-state index in [4.69, 9.17) is 4.74 Å². The van der Waals surface area contributed by atoms with Gasteiger partial charge >= 0.3 is 5.69 Å². The summed E-state index contributed by atoms with van der Waals surface area (Å²) >= 11 is 1.54. The first-order chi connectivity index (χ1) is 12.2. The van der Waals surface area contributed by atoms with E-state index in [1.807, 2.05) is 28.7 Å². The first-order valence-corrected chi connectivity index (χ1v) is 9.58. The number of carbonyl (C=O) groups excluding carboxylic acids is 1. The van der Waals surface area contributed by atoms with Crippen LogP contribution in [0.1, 0.15) is 41.9 Å². The Labute approximate surface area is 150 Å². The number of rotatable bonds is 6. The van der Waals surface area contributed by atoms with E-state index < -0.39 is 0 Å². The molecule has 0 aliphatic carbocycles. The Morgan fingerprint density at radius 3 is 2.76 bits per heavy atom. The summed E-state index contributed by atoms with van der Waals surface area (Å²) in [6.07, 6.45) is 1.66. The van der Waals surface area contributed by atoms with E-state index in [2.05, 4.69) is 5.10 Å². The fraction of sp³-hybridized carbons (Fsp3) is 0.588. The Bertz CT molecular complexity index is 757. The Morgan fingerprint density at radius 2 is 2.16 bits per heavy atom. The minimum absolute atomic E-state index is 0.0775. The monoisotopic (exact) mass is 364 g/mol. The molecule has 3 heterocycles. The molecule has 0 N–H and O–H groups in total. The van der Waals surface area contributed by atoms with Crippen molar-refractivity contribution >= 4 is 17.2 Å². The third-order valence-electron chi connectivity index (χ3n) is 4.69. The molecule has 0 spiro atoms. The summed E-state index contributed by atoms with van der Waals surface area (Å²) in [6, 6.07) is 1.87. The summed E-state index contributed by atoms with van der Waals surface area (Å²) in [5.74, 6) is 1.15. The van der Waals surface area contributed by atoms with E-state index in [0.717, 1.165) is 24.2 Å². The highest BCUT2D eigenvalue weighted by Gasteiger charge is 2.28. The van der Waals surface area contributed by atoms with Crippen LogP contribution in [0.5, 0.6) is 0 Å². The van der Waals surface area contributed by atoms with Crippen molar-refractivity contribution in [2.75, 3.05) is 26.8 Å². The van der Waals surface area contributed by atoms with Crippen LogP contribution in [0.15, 0.2) is 21.6 Å². The van der Waals surface area contributed by atoms with Crippen molar-refractivity contribution in [3.63, 3.8) is 0 Å². The van der Waals surface area contributed by atoms with Crippen molar-refractivity contribution in [1.82, 2.24) is 19.2 Å². The second-order valence-electron chi connectivity index (χ2n) is 6.18. The number of nitrogens with zero attached hydrogens (tertiary/aromatic N) is 4. The molecule has 8 heteroatoms. The summed E-state index contributed by atoms with van der Waals surface area (Å²) in [6.45, 7) is 4.89. The van der Waals surface area contributed by atoms with Crippen LogP contribution in [0.4, 0.5) is 0 Å². The van der Waals surface area contributed by atoms with Gasteiger partial charge in [-0.25, -0.2) is 9.48 Å². The van der Waals surface area contributed by atoms with Gasteiger partial charge in [-0.05, 0) is 31.2 Å². The van der Waals surface area contributed by atoms with Crippen LogP contribution in [0.25, 0.3) is 0 Å². The molecule has 1 aliphatic rings. The quantitative estimate of drug-likeness (QED) is 0.784. The Kier molecular flexibility index (Phi) is 5.70. The number of aromatic nitrogens is 3. The van der Waals surface area contributed by atoms with Crippen molar-refractivity contribution in [2.45, 2.75) is 38.8 Å². The van der Waals surface area contributed by atoms with Gasteiger partial charge in [0.25, 0.3) is 5.91 Å². The Morgan fingerprint density at radius 1 is 1.40 bits per heavy atom. The number of methoxy groups -OCH3 is 1. The average Bonchev–Trinajstić information content (AvgIpc) is 3.28. The molecule has 25 heavy (non-hydrogen) atoms.